The van der Waals surface area contributed by atoms with Gasteiger partial charge in [0.25, 0.3) is 0 Å². The lowest BCUT2D eigenvalue weighted by Gasteiger charge is -2.33. The van der Waals surface area contributed by atoms with Crippen molar-refractivity contribution in [1.29, 1.82) is 0 Å². The van der Waals surface area contributed by atoms with Crippen LogP contribution in [-0.2, 0) is 0 Å². The third-order valence-electron chi connectivity index (χ3n) is 1.40. The summed E-state index contributed by atoms with van der Waals surface area (Å²) in [6, 6.07) is -5.12. The van der Waals surface area contributed by atoms with Crippen molar-refractivity contribution in [2.24, 2.45) is 0 Å². The molecule has 1 aliphatic heterocycles. The Morgan fingerprint density at radius 2 is 1.67 bits per heavy atom. The second-order valence-corrected chi connectivity index (χ2v) is 2.22. The molecule has 0 saturated carbocycles. The van der Waals surface area contributed by atoms with E-state index in [1.165, 1.54) is 0 Å². The number of hydrogen-bond donors (Lipinski definition) is 0. The molecule has 1 heterocycles. The van der Waals surface area contributed by atoms with E-state index < -0.39 is 23.3 Å². The molecule has 0 bridgehead atoms. The Balaban J connectivity index is 3.07. The number of hydrogen-bond acceptors (Lipinski definition) is 1. The standard InChI is InChI=1S/C5H3F6N/c6-3-1-2-12(11)5(9,10)4(3,7)8/h1-3H. The highest BCUT2D eigenvalue weighted by Gasteiger charge is 2.67. The zero-order chi connectivity index (χ0) is 9.57. The number of alkyl halides is 5. The van der Waals surface area contributed by atoms with E-state index in [1.807, 2.05) is 0 Å². The lowest BCUT2D eigenvalue weighted by Crippen LogP contribution is -2.56. The molecule has 1 rings (SSSR count). The van der Waals surface area contributed by atoms with Crippen LogP contribution in [0.15, 0.2) is 12.3 Å². The first-order valence-corrected chi connectivity index (χ1v) is 2.83. The maximum Gasteiger partial charge on any atom is 0.416 e. The summed E-state index contributed by atoms with van der Waals surface area (Å²) < 4.78 is 72.7. The molecule has 0 N–H and O–H groups in total. The second-order valence-electron chi connectivity index (χ2n) is 2.22. The van der Waals surface area contributed by atoms with Crippen molar-refractivity contribution < 1.29 is 26.4 Å². The van der Waals surface area contributed by atoms with Crippen LogP contribution in [0.1, 0.15) is 0 Å². The van der Waals surface area contributed by atoms with Crippen molar-refractivity contribution in [2.75, 3.05) is 0 Å². The fourth-order valence-corrected chi connectivity index (χ4v) is 0.674. The summed E-state index contributed by atoms with van der Waals surface area (Å²) in [6.45, 7) is 0. The molecule has 1 atom stereocenters. The minimum Gasteiger partial charge on any atom is -0.236 e. The van der Waals surface area contributed by atoms with Crippen LogP contribution in [-0.4, -0.2) is 23.3 Å². The maximum absolute atomic E-state index is 12.2. The van der Waals surface area contributed by atoms with Gasteiger partial charge in [0.1, 0.15) is 0 Å². The summed E-state index contributed by atoms with van der Waals surface area (Å²) in [5, 5.41) is -1.51. The Morgan fingerprint density at radius 1 is 1.17 bits per heavy atom. The van der Waals surface area contributed by atoms with Crippen LogP contribution in [0, 0.1) is 0 Å². The molecular weight excluding hydrogens is 188 g/mol. The quantitative estimate of drug-likeness (QED) is 0.322. The smallest absolute Gasteiger partial charge is 0.236 e. The van der Waals surface area contributed by atoms with Crippen molar-refractivity contribution in [3.63, 3.8) is 0 Å². The van der Waals surface area contributed by atoms with Crippen LogP contribution in [0.25, 0.3) is 0 Å². The Bertz CT molecular complexity index is 190. The van der Waals surface area contributed by atoms with Gasteiger partial charge in [-0.15, -0.1) is 5.12 Å². The van der Waals surface area contributed by atoms with E-state index in [4.69, 9.17) is 0 Å². The van der Waals surface area contributed by atoms with E-state index in [0.717, 1.165) is 0 Å². The average Bonchev–Trinajstić information content (AvgIpc) is 1.96. The monoisotopic (exact) mass is 191 g/mol. The topological polar surface area (TPSA) is 3.24 Å². The van der Waals surface area contributed by atoms with Gasteiger partial charge in [-0.05, 0) is 6.08 Å². The Kier molecular flexibility index (Phi) is 1.77. The molecule has 7 heteroatoms. The summed E-state index contributed by atoms with van der Waals surface area (Å²) in [5.41, 5.74) is 0. The highest BCUT2D eigenvalue weighted by atomic mass is 19.3. The molecule has 1 nitrogen and oxygen atoms in total. The van der Waals surface area contributed by atoms with Gasteiger partial charge >= 0.3 is 12.0 Å². The van der Waals surface area contributed by atoms with E-state index in [0.29, 0.717) is 0 Å². The van der Waals surface area contributed by atoms with Crippen molar-refractivity contribution in [3.8, 4) is 0 Å². The van der Waals surface area contributed by atoms with Crippen LogP contribution in [0.4, 0.5) is 26.4 Å². The second kappa shape index (κ2) is 2.30. The fraction of sp³-hybridized carbons (Fsp3) is 0.600. The summed E-state index contributed by atoms with van der Waals surface area (Å²) in [6.07, 6.45) is -3.21. The highest BCUT2D eigenvalue weighted by Crippen LogP contribution is 2.44. The minimum atomic E-state index is -5.12. The molecule has 0 radical (unpaired) electrons. The van der Waals surface area contributed by atoms with Crippen LogP contribution >= 0.6 is 0 Å². The van der Waals surface area contributed by atoms with Crippen LogP contribution < -0.4 is 0 Å². The summed E-state index contributed by atoms with van der Waals surface area (Å²) in [4.78, 5) is 0. The molecule has 0 fully saturated rings. The molecule has 12 heavy (non-hydrogen) atoms. The van der Waals surface area contributed by atoms with Gasteiger partial charge in [0.05, 0.1) is 0 Å². The molecule has 1 aliphatic rings. The van der Waals surface area contributed by atoms with Crippen molar-refractivity contribution in [2.45, 2.75) is 18.1 Å². The molecule has 70 valence electrons. The summed E-state index contributed by atoms with van der Waals surface area (Å²) in [5.74, 6) is -5.03. The normalized spacial score (nSPS) is 32.2. The van der Waals surface area contributed by atoms with E-state index in [-0.39, 0.29) is 12.3 Å². The Morgan fingerprint density at radius 3 is 2.08 bits per heavy atom. The highest BCUT2D eigenvalue weighted by molar-refractivity contribution is 5.07. The zero-order valence-corrected chi connectivity index (χ0v) is 5.45. The number of rotatable bonds is 0. The van der Waals surface area contributed by atoms with Gasteiger partial charge in [0.2, 0.25) is 0 Å². The minimum absolute atomic E-state index is 0.0252. The molecule has 0 aliphatic carbocycles. The van der Waals surface area contributed by atoms with Gasteiger partial charge in [-0.1, -0.05) is 4.48 Å². The molecule has 0 saturated heterocycles. The third kappa shape index (κ3) is 0.953. The molecule has 0 amide bonds. The molecule has 0 aromatic heterocycles. The maximum atomic E-state index is 12.2. The predicted molar refractivity (Wildman–Crippen MR) is 26.9 cm³/mol. The van der Waals surface area contributed by atoms with Crippen LogP contribution in [0.2, 0.25) is 0 Å². The lowest BCUT2D eigenvalue weighted by molar-refractivity contribution is -0.336. The summed E-state index contributed by atoms with van der Waals surface area (Å²) in [7, 11) is 0. The van der Waals surface area contributed by atoms with Gasteiger partial charge < -0.3 is 0 Å². The van der Waals surface area contributed by atoms with E-state index >= 15 is 0 Å². The first-order valence-electron chi connectivity index (χ1n) is 2.83. The number of nitrogens with zero attached hydrogens (tertiary/aromatic N) is 1. The van der Waals surface area contributed by atoms with Gasteiger partial charge in [0, 0.05) is 6.20 Å². The van der Waals surface area contributed by atoms with E-state index in [2.05, 4.69) is 0 Å². The van der Waals surface area contributed by atoms with Gasteiger partial charge in [-0.3, -0.25) is 0 Å². The fourth-order valence-electron chi connectivity index (χ4n) is 0.674. The van der Waals surface area contributed by atoms with Crippen LogP contribution in [0.3, 0.4) is 0 Å². The van der Waals surface area contributed by atoms with Gasteiger partial charge in [-0.25, -0.2) is 4.39 Å². The predicted octanol–water partition coefficient (Wildman–Crippen LogP) is 2.27. The largest absolute Gasteiger partial charge is 0.416 e. The molecule has 0 aromatic carbocycles. The van der Waals surface area contributed by atoms with Crippen molar-refractivity contribution in [3.05, 3.63) is 12.3 Å². The average molecular weight is 191 g/mol. The lowest BCUT2D eigenvalue weighted by atomic mass is 10.1. The van der Waals surface area contributed by atoms with Crippen molar-refractivity contribution >= 4 is 0 Å². The Hall–Kier alpha value is -0.880. The number of allylic oxidation sites excluding steroid dienone is 1. The van der Waals surface area contributed by atoms with Crippen LogP contribution in [0.5, 0.6) is 0 Å². The molecule has 0 aromatic rings. The first kappa shape index (κ1) is 9.21. The first-order chi connectivity index (χ1) is 5.30. The summed E-state index contributed by atoms with van der Waals surface area (Å²) >= 11 is 0. The Labute approximate surface area is 63.2 Å². The van der Waals surface area contributed by atoms with Crippen molar-refractivity contribution in [1.82, 2.24) is 5.12 Å². The van der Waals surface area contributed by atoms with E-state index in [1.54, 1.807) is 0 Å². The SMILES string of the molecule is FC1C=CN(F)C(F)(F)C1(F)F. The number of halogens is 6. The van der Waals surface area contributed by atoms with Gasteiger partial charge in [0.15, 0.2) is 6.17 Å². The molecule has 1 unspecified atom stereocenters. The van der Waals surface area contributed by atoms with E-state index in [9.17, 15) is 26.4 Å². The third-order valence-corrected chi connectivity index (χ3v) is 1.40. The molecular formula is C5H3F6N. The zero-order valence-electron chi connectivity index (χ0n) is 5.45. The molecule has 0 spiro atoms. The van der Waals surface area contributed by atoms with Gasteiger partial charge in [-0.2, -0.15) is 17.6 Å².